The molecule has 0 saturated carbocycles. The number of hydrogen-bond acceptors (Lipinski definition) is 7. The van der Waals surface area contributed by atoms with Gasteiger partial charge in [0.05, 0.1) is 11.9 Å². The van der Waals surface area contributed by atoms with Gasteiger partial charge in [0.1, 0.15) is 6.10 Å². The van der Waals surface area contributed by atoms with Crippen LogP contribution in [0.1, 0.15) is 37.3 Å². The monoisotopic (exact) mass is 354 g/mol. The molecule has 2 aliphatic rings. The molecule has 0 unspecified atom stereocenters. The summed E-state index contributed by atoms with van der Waals surface area (Å²) in [4.78, 5) is 31.6. The number of rotatable bonds is 4. The van der Waals surface area contributed by atoms with Crippen molar-refractivity contribution >= 4 is 17.7 Å². The van der Waals surface area contributed by atoms with Crippen LogP contribution in [0.3, 0.4) is 0 Å². The summed E-state index contributed by atoms with van der Waals surface area (Å²) in [5.74, 6) is 1.57. The van der Waals surface area contributed by atoms with Crippen LogP contribution in [0.4, 0.5) is 11.8 Å². The van der Waals surface area contributed by atoms with Crippen molar-refractivity contribution in [2.45, 2.75) is 37.7 Å². The number of carbonyl (C=O) groups excluding carboxylic acids is 1. The van der Waals surface area contributed by atoms with Gasteiger partial charge < -0.3 is 15.0 Å². The Balaban J connectivity index is 1.37. The van der Waals surface area contributed by atoms with Crippen LogP contribution in [-0.2, 0) is 9.53 Å². The molecule has 136 valence electrons. The Morgan fingerprint density at radius 2 is 1.96 bits per heavy atom. The molecule has 1 N–H and O–H groups in total. The zero-order valence-electron chi connectivity index (χ0n) is 14.5. The zero-order valence-corrected chi connectivity index (χ0v) is 14.5. The Morgan fingerprint density at radius 3 is 2.69 bits per heavy atom. The summed E-state index contributed by atoms with van der Waals surface area (Å²) in [6.07, 6.45) is 10.2. The molecule has 2 aliphatic heterocycles. The van der Waals surface area contributed by atoms with Gasteiger partial charge in [-0.3, -0.25) is 9.78 Å². The van der Waals surface area contributed by atoms with Crippen LogP contribution < -0.4 is 5.32 Å². The first-order valence-corrected chi connectivity index (χ1v) is 9.06. The molecule has 0 aromatic carbocycles. The summed E-state index contributed by atoms with van der Waals surface area (Å²) in [5, 5.41) is 3.07. The summed E-state index contributed by atoms with van der Waals surface area (Å²) in [6, 6.07) is 1.76. The smallest absolute Gasteiger partial charge is 0.251 e. The van der Waals surface area contributed by atoms with Crippen LogP contribution in [0.25, 0.3) is 0 Å². The molecule has 2 aromatic rings. The van der Waals surface area contributed by atoms with E-state index >= 15 is 0 Å². The second-order valence-corrected chi connectivity index (χ2v) is 6.63. The van der Waals surface area contributed by atoms with E-state index in [0.717, 1.165) is 44.5 Å². The lowest BCUT2D eigenvalue weighted by Crippen LogP contribution is -2.43. The molecule has 1 amide bonds. The van der Waals surface area contributed by atoms with Crippen molar-refractivity contribution in [1.29, 1.82) is 0 Å². The van der Waals surface area contributed by atoms with E-state index in [1.54, 1.807) is 30.9 Å². The minimum Gasteiger partial charge on any atom is -0.368 e. The fourth-order valence-corrected chi connectivity index (χ4v) is 3.49. The molecular weight excluding hydrogens is 332 g/mol. The lowest BCUT2D eigenvalue weighted by Gasteiger charge is -2.33. The van der Waals surface area contributed by atoms with Crippen molar-refractivity contribution in [2.24, 2.45) is 0 Å². The number of hydrogen-bond donors (Lipinski definition) is 1. The van der Waals surface area contributed by atoms with E-state index in [1.807, 2.05) is 4.90 Å². The molecule has 8 heteroatoms. The Bertz CT molecular complexity index is 742. The van der Waals surface area contributed by atoms with Crippen molar-refractivity contribution in [3.8, 4) is 0 Å². The molecule has 0 aliphatic carbocycles. The van der Waals surface area contributed by atoms with Gasteiger partial charge in [-0.25, -0.2) is 15.0 Å². The third kappa shape index (κ3) is 3.80. The van der Waals surface area contributed by atoms with Crippen LogP contribution in [-0.4, -0.2) is 56.5 Å². The zero-order chi connectivity index (χ0) is 17.8. The SMILES string of the molecule is O=C([C@@H]1CCCO1)N1CCC(c2cncc(Nc3ncccn3)n2)CC1. The predicted molar refractivity (Wildman–Crippen MR) is 94.9 cm³/mol. The first-order chi connectivity index (χ1) is 12.8. The van der Waals surface area contributed by atoms with Gasteiger partial charge in [-0.05, 0) is 31.7 Å². The second kappa shape index (κ2) is 7.74. The Labute approximate surface area is 152 Å². The summed E-state index contributed by atoms with van der Waals surface area (Å²) in [7, 11) is 0. The Hall–Kier alpha value is -2.61. The quantitative estimate of drug-likeness (QED) is 0.896. The van der Waals surface area contributed by atoms with Crippen molar-refractivity contribution in [3.63, 3.8) is 0 Å². The normalized spacial score (nSPS) is 20.9. The molecule has 0 radical (unpaired) electrons. The maximum Gasteiger partial charge on any atom is 0.251 e. The molecule has 26 heavy (non-hydrogen) atoms. The van der Waals surface area contributed by atoms with Gasteiger partial charge in [0.25, 0.3) is 5.91 Å². The summed E-state index contributed by atoms with van der Waals surface area (Å²) in [6.45, 7) is 2.18. The number of aromatic nitrogens is 4. The van der Waals surface area contributed by atoms with Gasteiger partial charge in [0.2, 0.25) is 5.95 Å². The molecule has 2 aromatic heterocycles. The van der Waals surface area contributed by atoms with Gasteiger partial charge >= 0.3 is 0 Å². The summed E-state index contributed by atoms with van der Waals surface area (Å²) >= 11 is 0. The molecule has 1 atom stereocenters. The highest BCUT2D eigenvalue weighted by Crippen LogP contribution is 2.28. The van der Waals surface area contributed by atoms with E-state index < -0.39 is 0 Å². The van der Waals surface area contributed by atoms with Crippen LogP contribution in [0, 0.1) is 0 Å². The first kappa shape index (κ1) is 16.8. The number of amides is 1. The molecule has 0 bridgehead atoms. The lowest BCUT2D eigenvalue weighted by molar-refractivity contribution is -0.142. The molecule has 0 spiro atoms. The third-order valence-electron chi connectivity index (χ3n) is 4.89. The molecule has 2 saturated heterocycles. The highest BCUT2D eigenvalue weighted by atomic mass is 16.5. The molecule has 8 nitrogen and oxygen atoms in total. The van der Waals surface area contributed by atoms with Crippen LogP contribution in [0.5, 0.6) is 0 Å². The van der Waals surface area contributed by atoms with E-state index in [2.05, 4.69) is 25.3 Å². The number of piperidine rings is 1. The summed E-state index contributed by atoms with van der Waals surface area (Å²) < 4.78 is 5.52. The van der Waals surface area contributed by atoms with Crippen LogP contribution >= 0.6 is 0 Å². The topological polar surface area (TPSA) is 93.1 Å². The highest BCUT2D eigenvalue weighted by molar-refractivity contribution is 5.81. The van der Waals surface area contributed by atoms with Gasteiger partial charge in [0, 0.05) is 44.2 Å². The number of likely N-dealkylation sites (tertiary alicyclic amines) is 1. The number of nitrogens with one attached hydrogen (secondary N) is 1. The lowest BCUT2D eigenvalue weighted by atomic mass is 9.93. The number of ether oxygens (including phenoxy) is 1. The van der Waals surface area contributed by atoms with Crippen molar-refractivity contribution in [1.82, 2.24) is 24.8 Å². The van der Waals surface area contributed by atoms with Crippen molar-refractivity contribution < 1.29 is 9.53 Å². The van der Waals surface area contributed by atoms with E-state index in [1.165, 1.54) is 0 Å². The Kier molecular flexibility index (Phi) is 5.01. The van der Waals surface area contributed by atoms with Gasteiger partial charge in [-0.15, -0.1) is 0 Å². The maximum absolute atomic E-state index is 12.4. The fourth-order valence-electron chi connectivity index (χ4n) is 3.49. The number of nitrogens with zero attached hydrogens (tertiary/aromatic N) is 5. The van der Waals surface area contributed by atoms with Crippen molar-refractivity contribution in [3.05, 3.63) is 36.5 Å². The van der Waals surface area contributed by atoms with E-state index in [9.17, 15) is 4.79 Å². The number of anilines is 2. The minimum atomic E-state index is -0.232. The molecule has 4 rings (SSSR count). The van der Waals surface area contributed by atoms with Gasteiger partial charge in [-0.1, -0.05) is 0 Å². The average Bonchev–Trinajstić information content (AvgIpc) is 3.23. The van der Waals surface area contributed by atoms with E-state index in [-0.39, 0.29) is 12.0 Å². The average molecular weight is 354 g/mol. The van der Waals surface area contributed by atoms with E-state index in [0.29, 0.717) is 24.3 Å². The molecule has 4 heterocycles. The molecule has 2 fully saturated rings. The third-order valence-corrected chi connectivity index (χ3v) is 4.89. The minimum absolute atomic E-state index is 0.142. The standard InChI is InChI=1S/C18H22N6O2/c25-17(15-3-1-10-26-15)24-8-4-13(5-9-24)14-11-19-12-16(22-14)23-18-20-6-2-7-21-18/h2,6-7,11-13,15H,1,3-5,8-10H2,(H,20,21,22,23)/t15-/m0/s1. The van der Waals surface area contributed by atoms with E-state index in [4.69, 9.17) is 4.74 Å². The number of carbonyl (C=O) groups is 1. The first-order valence-electron chi connectivity index (χ1n) is 9.06. The Morgan fingerprint density at radius 1 is 1.15 bits per heavy atom. The highest BCUT2D eigenvalue weighted by Gasteiger charge is 2.31. The van der Waals surface area contributed by atoms with Crippen LogP contribution in [0.15, 0.2) is 30.9 Å². The van der Waals surface area contributed by atoms with Gasteiger partial charge in [-0.2, -0.15) is 0 Å². The predicted octanol–water partition coefficient (Wildman–Crippen LogP) is 1.90. The largest absolute Gasteiger partial charge is 0.368 e. The van der Waals surface area contributed by atoms with Gasteiger partial charge in [0.15, 0.2) is 5.82 Å². The maximum atomic E-state index is 12.4. The fraction of sp³-hybridized carbons (Fsp3) is 0.500. The molecular formula is C18H22N6O2. The second-order valence-electron chi connectivity index (χ2n) is 6.63. The van der Waals surface area contributed by atoms with Crippen molar-refractivity contribution in [2.75, 3.05) is 25.0 Å². The van der Waals surface area contributed by atoms with Crippen LogP contribution in [0.2, 0.25) is 0 Å². The summed E-state index contributed by atoms with van der Waals surface area (Å²) in [5.41, 5.74) is 0.940.